The molecule has 0 radical (unpaired) electrons. The van der Waals surface area contributed by atoms with Gasteiger partial charge in [0.1, 0.15) is 0 Å². The first-order valence-corrected chi connectivity index (χ1v) is 13.0. The van der Waals surface area contributed by atoms with Crippen LogP contribution in [0.1, 0.15) is 65.2 Å². The topological polar surface area (TPSA) is 49.4 Å². The van der Waals surface area contributed by atoms with Crippen molar-refractivity contribution in [3.05, 3.63) is 60.7 Å². The van der Waals surface area contributed by atoms with Crippen LogP contribution in [0.5, 0.6) is 0 Å². The molecule has 2 aromatic carbocycles. The Bertz CT molecular complexity index is 728. The Kier molecular flexibility index (Phi) is 11.9. The van der Waals surface area contributed by atoms with Crippen molar-refractivity contribution < 1.29 is 9.59 Å². The molecule has 0 unspecified atom stereocenters. The SMILES string of the molecule is CCCCCCNC(=O)N(CCCCCC)C(=O)P(c1ccccc1)c1ccccc1. The summed E-state index contributed by atoms with van der Waals surface area (Å²) in [5.41, 5.74) is -0.0880. The van der Waals surface area contributed by atoms with Gasteiger partial charge in [0.25, 0.3) is 5.65 Å². The predicted molar refractivity (Wildman–Crippen MR) is 133 cm³/mol. The summed E-state index contributed by atoms with van der Waals surface area (Å²) in [6.45, 7) is 5.42. The smallest absolute Gasteiger partial charge is 0.324 e. The van der Waals surface area contributed by atoms with Crippen LogP contribution < -0.4 is 15.9 Å². The van der Waals surface area contributed by atoms with Crippen LogP contribution in [-0.2, 0) is 0 Å². The summed E-state index contributed by atoms with van der Waals surface area (Å²) in [6.07, 6.45) is 8.49. The van der Waals surface area contributed by atoms with E-state index in [9.17, 15) is 9.59 Å². The first-order valence-electron chi connectivity index (χ1n) is 11.7. The Morgan fingerprint density at radius 3 is 1.77 bits per heavy atom. The molecule has 0 heterocycles. The molecular weight excluding hydrogens is 403 g/mol. The summed E-state index contributed by atoms with van der Waals surface area (Å²) in [5, 5.41) is 4.95. The zero-order valence-electron chi connectivity index (χ0n) is 19.1. The average molecular weight is 441 g/mol. The molecule has 0 spiro atoms. The van der Waals surface area contributed by atoms with Crippen LogP contribution >= 0.6 is 7.92 Å². The highest BCUT2D eigenvalue weighted by Gasteiger charge is 2.30. The maximum absolute atomic E-state index is 13.8. The van der Waals surface area contributed by atoms with Crippen LogP contribution in [-0.4, -0.2) is 29.7 Å². The normalized spacial score (nSPS) is 10.8. The van der Waals surface area contributed by atoms with E-state index in [0.29, 0.717) is 13.1 Å². The molecule has 1 N–H and O–H groups in total. The molecule has 0 aromatic heterocycles. The summed E-state index contributed by atoms with van der Waals surface area (Å²) in [4.78, 5) is 28.3. The lowest BCUT2D eigenvalue weighted by atomic mass is 10.2. The minimum Gasteiger partial charge on any atom is -0.338 e. The summed E-state index contributed by atoms with van der Waals surface area (Å²) >= 11 is 0. The Morgan fingerprint density at radius 2 is 1.26 bits per heavy atom. The molecule has 0 aliphatic carbocycles. The number of imide groups is 1. The van der Waals surface area contributed by atoms with Crippen LogP contribution in [0.2, 0.25) is 0 Å². The Labute approximate surface area is 189 Å². The largest absolute Gasteiger partial charge is 0.338 e. The highest BCUT2D eigenvalue weighted by Crippen LogP contribution is 2.37. The van der Waals surface area contributed by atoms with Gasteiger partial charge in [-0.15, -0.1) is 0 Å². The monoisotopic (exact) mass is 440 g/mol. The number of urea groups is 1. The van der Waals surface area contributed by atoms with E-state index in [-0.39, 0.29) is 11.7 Å². The van der Waals surface area contributed by atoms with Gasteiger partial charge in [-0.1, -0.05) is 113 Å². The van der Waals surface area contributed by atoms with Crippen molar-refractivity contribution in [1.29, 1.82) is 0 Å². The summed E-state index contributed by atoms with van der Waals surface area (Å²) < 4.78 is 0. The Balaban J connectivity index is 2.21. The Hall–Kier alpha value is -2.19. The fraction of sp³-hybridized carbons (Fsp3) is 0.462. The number of carbonyl (C=O) groups is 2. The van der Waals surface area contributed by atoms with E-state index in [0.717, 1.165) is 55.6 Å². The highest BCUT2D eigenvalue weighted by atomic mass is 31.1. The van der Waals surface area contributed by atoms with Crippen molar-refractivity contribution in [2.24, 2.45) is 0 Å². The maximum atomic E-state index is 13.8. The minimum absolute atomic E-state index is 0.0880. The maximum Gasteiger partial charge on any atom is 0.324 e. The summed E-state index contributed by atoms with van der Waals surface area (Å²) in [5.74, 6) is 0. The van der Waals surface area contributed by atoms with Gasteiger partial charge in [-0.25, -0.2) is 4.79 Å². The fourth-order valence-electron chi connectivity index (χ4n) is 3.47. The van der Waals surface area contributed by atoms with Gasteiger partial charge in [-0.3, -0.25) is 9.69 Å². The van der Waals surface area contributed by atoms with Gasteiger partial charge in [-0.05, 0) is 23.5 Å². The average Bonchev–Trinajstić information content (AvgIpc) is 2.80. The molecule has 2 aromatic rings. The molecule has 31 heavy (non-hydrogen) atoms. The van der Waals surface area contributed by atoms with Crippen molar-refractivity contribution >= 4 is 30.2 Å². The van der Waals surface area contributed by atoms with Crippen LogP contribution in [0.3, 0.4) is 0 Å². The van der Waals surface area contributed by atoms with Crippen molar-refractivity contribution in [3.63, 3.8) is 0 Å². The first kappa shape index (κ1) is 25.1. The van der Waals surface area contributed by atoms with Crippen molar-refractivity contribution in [2.45, 2.75) is 65.2 Å². The molecule has 0 saturated heterocycles. The predicted octanol–water partition coefficient (Wildman–Crippen LogP) is 6.41. The van der Waals surface area contributed by atoms with Crippen molar-refractivity contribution in [1.82, 2.24) is 10.2 Å². The van der Waals surface area contributed by atoms with Gasteiger partial charge in [0.05, 0.1) is 7.92 Å². The van der Waals surface area contributed by atoms with E-state index >= 15 is 0 Å². The van der Waals surface area contributed by atoms with Crippen molar-refractivity contribution in [3.8, 4) is 0 Å². The van der Waals surface area contributed by atoms with E-state index in [1.165, 1.54) is 11.3 Å². The number of rotatable bonds is 13. The third kappa shape index (κ3) is 8.45. The van der Waals surface area contributed by atoms with Gasteiger partial charge in [0.15, 0.2) is 0 Å². The molecule has 0 fully saturated rings. The molecule has 4 nitrogen and oxygen atoms in total. The second kappa shape index (κ2) is 14.8. The number of hydrogen-bond acceptors (Lipinski definition) is 2. The highest BCUT2D eigenvalue weighted by molar-refractivity contribution is 7.87. The lowest BCUT2D eigenvalue weighted by Crippen LogP contribution is -2.45. The lowest BCUT2D eigenvalue weighted by Gasteiger charge is -2.27. The third-order valence-electron chi connectivity index (χ3n) is 5.24. The zero-order chi connectivity index (χ0) is 22.3. The van der Waals surface area contributed by atoms with Gasteiger partial charge in [-0.2, -0.15) is 0 Å². The Morgan fingerprint density at radius 1 is 0.742 bits per heavy atom. The molecule has 0 aliphatic heterocycles. The third-order valence-corrected chi connectivity index (χ3v) is 7.49. The number of amides is 3. The van der Waals surface area contributed by atoms with Crippen molar-refractivity contribution in [2.75, 3.05) is 13.1 Å². The number of unbranched alkanes of at least 4 members (excludes halogenated alkanes) is 6. The van der Waals surface area contributed by atoms with E-state index in [1.54, 1.807) is 0 Å². The summed E-state index contributed by atoms with van der Waals surface area (Å²) in [7, 11) is -1.31. The van der Waals surface area contributed by atoms with E-state index in [2.05, 4.69) is 19.2 Å². The summed E-state index contributed by atoms with van der Waals surface area (Å²) in [6, 6.07) is 19.5. The number of carbonyl (C=O) groups excluding carboxylic acids is 2. The molecular formula is C26H37N2O2P. The lowest BCUT2D eigenvalue weighted by molar-refractivity contribution is 0.198. The molecule has 0 bridgehead atoms. The quantitative estimate of drug-likeness (QED) is 0.289. The first-order chi connectivity index (χ1) is 15.2. The van der Waals surface area contributed by atoms with E-state index in [4.69, 9.17) is 0 Å². The number of nitrogens with one attached hydrogen (secondary N) is 1. The van der Waals surface area contributed by atoms with Gasteiger partial charge < -0.3 is 5.32 Å². The molecule has 0 saturated carbocycles. The zero-order valence-corrected chi connectivity index (χ0v) is 19.9. The van der Waals surface area contributed by atoms with Crippen LogP contribution in [0.4, 0.5) is 9.59 Å². The number of hydrogen-bond donors (Lipinski definition) is 1. The molecule has 3 amide bonds. The second-order valence-corrected chi connectivity index (χ2v) is 9.88. The van der Waals surface area contributed by atoms with Gasteiger partial charge in [0.2, 0.25) is 0 Å². The molecule has 0 aliphatic rings. The molecule has 168 valence electrons. The molecule has 2 rings (SSSR count). The van der Waals surface area contributed by atoms with Gasteiger partial charge >= 0.3 is 6.03 Å². The van der Waals surface area contributed by atoms with E-state index < -0.39 is 7.92 Å². The van der Waals surface area contributed by atoms with E-state index in [1.807, 2.05) is 60.7 Å². The van der Waals surface area contributed by atoms with Crippen LogP contribution in [0.15, 0.2) is 60.7 Å². The second-order valence-electron chi connectivity index (χ2n) is 7.79. The number of benzene rings is 2. The van der Waals surface area contributed by atoms with Crippen LogP contribution in [0, 0.1) is 0 Å². The fourth-order valence-corrected chi connectivity index (χ4v) is 5.58. The molecule has 5 heteroatoms. The van der Waals surface area contributed by atoms with Gasteiger partial charge in [0, 0.05) is 13.1 Å². The minimum atomic E-state index is -1.31. The standard InChI is InChI=1S/C26H37N2O2P/c1-3-5-7-15-21-27-25(29)28(22-16-8-6-4-2)26(30)31(23-17-11-9-12-18-23)24-19-13-10-14-20-24/h9-14,17-20H,3-8,15-16,21-22H2,1-2H3,(H,27,29). The molecule has 0 atom stereocenters. The number of nitrogens with zero attached hydrogens (tertiary/aromatic N) is 1. The van der Waals surface area contributed by atoms with Crippen LogP contribution in [0.25, 0.3) is 0 Å².